The first-order valence-electron chi connectivity index (χ1n) is 5.87. The van der Waals surface area contributed by atoms with Gasteiger partial charge in [0.2, 0.25) is 0 Å². The van der Waals surface area contributed by atoms with E-state index in [0.29, 0.717) is 18.9 Å². The number of ether oxygens (including phenoxy) is 1. The summed E-state index contributed by atoms with van der Waals surface area (Å²) in [5, 5.41) is 19.2. The van der Waals surface area contributed by atoms with Gasteiger partial charge in [-0.25, -0.2) is 4.79 Å². The number of H-pyrrole nitrogens is 1. The number of tetrazole rings is 1. The third kappa shape index (κ3) is 6.79. The molecule has 1 rings (SSSR count). The summed E-state index contributed by atoms with van der Waals surface area (Å²) in [6.07, 6.45) is 0.414. The molecule has 0 fully saturated rings. The first-order valence-corrected chi connectivity index (χ1v) is 5.87. The van der Waals surface area contributed by atoms with Crippen molar-refractivity contribution in [1.29, 1.82) is 0 Å². The number of hydrogen-bond acceptors (Lipinski definition) is 6. The molecular weight excluding hydrogens is 236 g/mol. The molecule has 0 saturated carbocycles. The van der Waals surface area contributed by atoms with Crippen LogP contribution in [0.1, 0.15) is 33.0 Å². The molecule has 0 unspecified atom stereocenters. The van der Waals surface area contributed by atoms with Crippen molar-refractivity contribution in [3.63, 3.8) is 0 Å². The van der Waals surface area contributed by atoms with Crippen molar-refractivity contribution in [3.8, 4) is 0 Å². The lowest BCUT2D eigenvalue weighted by Crippen LogP contribution is -2.33. The van der Waals surface area contributed by atoms with Crippen LogP contribution in [0.2, 0.25) is 0 Å². The number of aromatic nitrogens is 4. The molecule has 1 heterocycles. The van der Waals surface area contributed by atoms with Gasteiger partial charge in [-0.3, -0.25) is 0 Å². The highest BCUT2D eigenvalue weighted by molar-refractivity contribution is 5.67. The number of carbonyl (C=O) groups is 1. The van der Waals surface area contributed by atoms with E-state index in [1.54, 1.807) is 0 Å². The summed E-state index contributed by atoms with van der Waals surface area (Å²) >= 11 is 0. The SMILES string of the molecule is CC(C)(C)OC(=O)NCCCNCc1nn[nH]n1. The van der Waals surface area contributed by atoms with Gasteiger partial charge in [0, 0.05) is 6.54 Å². The number of hydrogen-bond donors (Lipinski definition) is 3. The van der Waals surface area contributed by atoms with E-state index in [1.165, 1.54) is 0 Å². The molecule has 0 aliphatic rings. The Labute approximate surface area is 106 Å². The Balaban J connectivity index is 1.97. The highest BCUT2D eigenvalue weighted by Gasteiger charge is 2.15. The molecule has 1 aromatic heterocycles. The summed E-state index contributed by atoms with van der Waals surface area (Å²) in [5.41, 5.74) is -0.457. The normalized spacial score (nSPS) is 11.3. The second-order valence-corrected chi connectivity index (χ2v) is 4.79. The Kier molecular flexibility index (Phi) is 5.50. The number of alkyl carbamates (subject to hydrolysis) is 1. The Morgan fingerprint density at radius 1 is 1.39 bits per heavy atom. The van der Waals surface area contributed by atoms with Crippen molar-refractivity contribution in [2.45, 2.75) is 39.3 Å². The summed E-state index contributed by atoms with van der Waals surface area (Å²) in [4.78, 5) is 11.3. The molecule has 0 aromatic carbocycles. The number of nitrogens with zero attached hydrogens (tertiary/aromatic N) is 3. The minimum atomic E-state index is -0.457. The lowest BCUT2D eigenvalue weighted by Gasteiger charge is -2.19. The van der Waals surface area contributed by atoms with E-state index in [9.17, 15) is 4.79 Å². The topological polar surface area (TPSA) is 105 Å². The van der Waals surface area contributed by atoms with Crippen molar-refractivity contribution >= 4 is 6.09 Å². The van der Waals surface area contributed by atoms with Crippen molar-refractivity contribution in [1.82, 2.24) is 31.3 Å². The van der Waals surface area contributed by atoms with Gasteiger partial charge in [-0.05, 0) is 33.7 Å². The van der Waals surface area contributed by atoms with Crippen LogP contribution in [0.25, 0.3) is 0 Å². The average molecular weight is 256 g/mol. The van der Waals surface area contributed by atoms with Gasteiger partial charge in [-0.2, -0.15) is 5.21 Å². The molecule has 1 amide bonds. The predicted molar refractivity (Wildman–Crippen MR) is 64.7 cm³/mol. The average Bonchev–Trinajstić information content (AvgIpc) is 2.73. The summed E-state index contributed by atoms with van der Waals surface area (Å²) in [6.45, 7) is 7.37. The molecule has 3 N–H and O–H groups in total. The zero-order valence-electron chi connectivity index (χ0n) is 11.0. The molecule has 0 aliphatic heterocycles. The maximum atomic E-state index is 11.3. The van der Waals surface area contributed by atoms with Crippen LogP contribution in [0.3, 0.4) is 0 Å². The van der Waals surface area contributed by atoms with E-state index in [2.05, 4.69) is 31.3 Å². The Morgan fingerprint density at radius 3 is 2.78 bits per heavy atom. The fourth-order valence-corrected chi connectivity index (χ4v) is 1.18. The molecular formula is C10H20N6O2. The van der Waals surface area contributed by atoms with Crippen LogP contribution in [-0.2, 0) is 11.3 Å². The smallest absolute Gasteiger partial charge is 0.407 e. The van der Waals surface area contributed by atoms with E-state index in [0.717, 1.165) is 13.0 Å². The molecule has 0 radical (unpaired) electrons. The molecule has 8 nitrogen and oxygen atoms in total. The summed E-state index contributed by atoms with van der Waals surface area (Å²) in [5.74, 6) is 0.620. The summed E-state index contributed by atoms with van der Waals surface area (Å²) < 4.78 is 5.10. The van der Waals surface area contributed by atoms with E-state index in [4.69, 9.17) is 4.74 Å². The van der Waals surface area contributed by atoms with Crippen molar-refractivity contribution in [3.05, 3.63) is 5.82 Å². The molecule has 0 aliphatic carbocycles. The van der Waals surface area contributed by atoms with Gasteiger partial charge in [0.05, 0.1) is 6.54 Å². The largest absolute Gasteiger partial charge is 0.444 e. The third-order valence-corrected chi connectivity index (χ3v) is 1.87. The molecule has 8 heteroatoms. The van der Waals surface area contributed by atoms with Gasteiger partial charge in [0.15, 0.2) is 5.82 Å². The zero-order valence-corrected chi connectivity index (χ0v) is 11.0. The van der Waals surface area contributed by atoms with Gasteiger partial charge in [-0.1, -0.05) is 5.21 Å². The van der Waals surface area contributed by atoms with Gasteiger partial charge in [0.25, 0.3) is 0 Å². The zero-order chi connectivity index (χ0) is 13.4. The number of amides is 1. The van der Waals surface area contributed by atoms with Crippen molar-refractivity contribution in [2.75, 3.05) is 13.1 Å². The fraction of sp³-hybridized carbons (Fsp3) is 0.800. The second-order valence-electron chi connectivity index (χ2n) is 4.79. The molecule has 1 aromatic rings. The van der Waals surface area contributed by atoms with Crippen LogP contribution in [0, 0.1) is 0 Å². The van der Waals surface area contributed by atoms with E-state index < -0.39 is 5.60 Å². The number of aromatic amines is 1. The second kappa shape index (κ2) is 6.90. The minimum Gasteiger partial charge on any atom is -0.444 e. The predicted octanol–water partition coefficient (Wildman–Crippen LogP) is 0.204. The van der Waals surface area contributed by atoms with Crippen LogP contribution in [0.4, 0.5) is 4.79 Å². The number of rotatable bonds is 6. The van der Waals surface area contributed by atoms with E-state index in [-0.39, 0.29) is 6.09 Å². The van der Waals surface area contributed by atoms with Gasteiger partial charge < -0.3 is 15.4 Å². The standard InChI is InChI=1S/C10H20N6O2/c1-10(2,3)18-9(17)12-6-4-5-11-7-8-13-15-16-14-8/h11H,4-7H2,1-3H3,(H,12,17)(H,13,14,15,16). The number of nitrogens with one attached hydrogen (secondary N) is 3. The maximum Gasteiger partial charge on any atom is 0.407 e. The minimum absolute atomic E-state index is 0.388. The Morgan fingerprint density at radius 2 is 2.17 bits per heavy atom. The quantitative estimate of drug-likeness (QED) is 0.628. The van der Waals surface area contributed by atoms with Gasteiger partial charge in [0.1, 0.15) is 5.60 Å². The van der Waals surface area contributed by atoms with Crippen LogP contribution in [-0.4, -0.2) is 45.4 Å². The molecule has 18 heavy (non-hydrogen) atoms. The monoisotopic (exact) mass is 256 g/mol. The molecule has 0 atom stereocenters. The lowest BCUT2D eigenvalue weighted by molar-refractivity contribution is 0.0527. The van der Waals surface area contributed by atoms with Gasteiger partial charge >= 0.3 is 6.09 Å². The highest BCUT2D eigenvalue weighted by Crippen LogP contribution is 2.06. The maximum absolute atomic E-state index is 11.3. The van der Waals surface area contributed by atoms with Crippen LogP contribution < -0.4 is 10.6 Å². The molecule has 102 valence electrons. The fourth-order valence-electron chi connectivity index (χ4n) is 1.18. The van der Waals surface area contributed by atoms with Crippen LogP contribution >= 0.6 is 0 Å². The summed E-state index contributed by atoms with van der Waals surface area (Å²) in [6, 6.07) is 0. The van der Waals surface area contributed by atoms with E-state index >= 15 is 0 Å². The first-order chi connectivity index (χ1) is 8.47. The van der Waals surface area contributed by atoms with Crippen molar-refractivity contribution in [2.24, 2.45) is 0 Å². The molecule has 0 saturated heterocycles. The van der Waals surface area contributed by atoms with Crippen molar-refractivity contribution < 1.29 is 9.53 Å². The molecule has 0 spiro atoms. The lowest BCUT2D eigenvalue weighted by atomic mass is 10.2. The Bertz CT molecular complexity index is 346. The highest BCUT2D eigenvalue weighted by atomic mass is 16.6. The number of carbonyl (C=O) groups excluding carboxylic acids is 1. The third-order valence-electron chi connectivity index (χ3n) is 1.87. The van der Waals surface area contributed by atoms with Crippen LogP contribution in [0.5, 0.6) is 0 Å². The van der Waals surface area contributed by atoms with Crippen LogP contribution in [0.15, 0.2) is 0 Å². The molecule has 0 bridgehead atoms. The van der Waals surface area contributed by atoms with Gasteiger partial charge in [-0.15, -0.1) is 10.2 Å². The summed E-state index contributed by atoms with van der Waals surface area (Å²) in [7, 11) is 0. The Hall–Kier alpha value is -1.70. The van der Waals surface area contributed by atoms with E-state index in [1.807, 2.05) is 20.8 Å². The first kappa shape index (κ1) is 14.4.